The molecule has 1 aromatic carbocycles. The molecule has 1 N–H and O–H groups in total. The van der Waals surface area contributed by atoms with E-state index in [0.717, 1.165) is 44.9 Å². The molecule has 126 valence electrons. The molecule has 3 heteroatoms. The third-order valence-corrected chi connectivity index (χ3v) is 5.42. The predicted molar refractivity (Wildman–Crippen MR) is 94.6 cm³/mol. The fraction of sp³-hybridized carbons (Fsp3) is 0.650. The quantitative estimate of drug-likeness (QED) is 0.906. The second-order valence-electron chi connectivity index (χ2n) is 7.12. The number of hydrogen-bond acceptors (Lipinski definition) is 2. The number of hydrogen-bond donors (Lipinski definition) is 1. The molecule has 1 fully saturated rings. The molecule has 0 aromatic heterocycles. The van der Waals surface area contributed by atoms with Gasteiger partial charge in [0.1, 0.15) is 0 Å². The van der Waals surface area contributed by atoms with Gasteiger partial charge in [0.25, 0.3) is 0 Å². The molecule has 3 rings (SSSR count). The third-order valence-electron chi connectivity index (χ3n) is 5.42. The molecule has 23 heavy (non-hydrogen) atoms. The molecule has 0 bridgehead atoms. The van der Waals surface area contributed by atoms with Crippen LogP contribution in [0.15, 0.2) is 18.2 Å². The first-order valence-corrected chi connectivity index (χ1v) is 9.35. The van der Waals surface area contributed by atoms with Crippen molar-refractivity contribution in [2.75, 3.05) is 26.2 Å². The highest BCUT2D eigenvalue weighted by Gasteiger charge is 2.22. The first kappa shape index (κ1) is 16.5. The smallest absolute Gasteiger partial charge is 0.226 e. The number of fused-ring (bicyclic) bond motifs is 1. The van der Waals surface area contributed by atoms with E-state index >= 15 is 0 Å². The van der Waals surface area contributed by atoms with E-state index in [1.807, 2.05) is 0 Å². The van der Waals surface area contributed by atoms with Gasteiger partial charge < -0.3 is 10.2 Å². The first-order chi connectivity index (χ1) is 11.3. The number of carbonyl (C=O) groups is 1. The fourth-order valence-corrected chi connectivity index (χ4v) is 3.92. The summed E-state index contributed by atoms with van der Waals surface area (Å²) in [6, 6.07) is 6.70. The largest absolute Gasteiger partial charge is 0.342 e. The topological polar surface area (TPSA) is 32.3 Å². The SMILES string of the molecule is CCNCC1CCN(C(=O)Cc2ccc3c(c2)CCCC3)CC1. The molecule has 1 saturated heterocycles. The number of rotatable bonds is 5. The molecule has 1 aliphatic heterocycles. The lowest BCUT2D eigenvalue weighted by Gasteiger charge is -2.32. The number of nitrogens with zero attached hydrogens (tertiary/aromatic N) is 1. The summed E-state index contributed by atoms with van der Waals surface area (Å²) in [4.78, 5) is 14.6. The van der Waals surface area contributed by atoms with E-state index in [0.29, 0.717) is 12.3 Å². The number of aryl methyl sites for hydroxylation is 2. The van der Waals surface area contributed by atoms with Gasteiger partial charge in [-0.1, -0.05) is 25.1 Å². The van der Waals surface area contributed by atoms with E-state index < -0.39 is 0 Å². The van der Waals surface area contributed by atoms with E-state index in [4.69, 9.17) is 0 Å². The van der Waals surface area contributed by atoms with Crippen molar-refractivity contribution in [3.63, 3.8) is 0 Å². The summed E-state index contributed by atoms with van der Waals surface area (Å²) in [5.41, 5.74) is 4.17. The average Bonchev–Trinajstić information content (AvgIpc) is 2.60. The number of benzene rings is 1. The molecule has 1 aliphatic carbocycles. The molecule has 0 unspecified atom stereocenters. The summed E-state index contributed by atoms with van der Waals surface area (Å²) in [6.45, 7) is 6.15. The zero-order valence-electron chi connectivity index (χ0n) is 14.4. The maximum Gasteiger partial charge on any atom is 0.226 e. The molecular weight excluding hydrogens is 284 g/mol. The van der Waals surface area contributed by atoms with Gasteiger partial charge in [-0.3, -0.25) is 4.79 Å². The van der Waals surface area contributed by atoms with Gasteiger partial charge in [0, 0.05) is 13.1 Å². The number of amides is 1. The lowest BCUT2D eigenvalue weighted by atomic mass is 9.90. The Morgan fingerprint density at radius 2 is 1.91 bits per heavy atom. The highest BCUT2D eigenvalue weighted by atomic mass is 16.2. The Bertz CT molecular complexity index is 532. The summed E-state index contributed by atoms with van der Waals surface area (Å²) in [5.74, 6) is 1.05. The van der Waals surface area contributed by atoms with Gasteiger partial charge in [-0.05, 0) is 74.2 Å². The maximum absolute atomic E-state index is 12.6. The summed E-state index contributed by atoms with van der Waals surface area (Å²) in [5, 5.41) is 3.43. The maximum atomic E-state index is 12.6. The number of carbonyl (C=O) groups excluding carboxylic acids is 1. The fourth-order valence-electron chi connectivity index (χ4n) is 3.92. The minimum absolute atomic E-state index is 0.308. The zero-order chi connectivity index (χ0) is 16.1. The Hall–Kier alpha value is -1.35. The Labute approximate surface area is 140 Å². The molecule has 1 heterocycles. The summed E-state index contributed by atoms with van der Waals surface area (Å²) >= 11 is 0. The minimum Gasteiger partial charge on any atom is -0.342 e. The van der Waals surface area contributed by atoms with Crippen LogP contribution in [0.3, 0.4) is 0 Å². The van der Waals surface area contributed by atoms with Gasteiger partial charge in [0.05, 0.1) is 6.42 Å². The molecule has 3 nitrogen and oxygen atoms in total. The lowest BCUT2D eigenvalue weighted by molar-refractivity contribution is -0.131. The van der Waals surface area contributed by atoms with Crippen molar-refractivity contribution in [3.05, 3.63) is 34.9 Å². The van der Waals surface area contributed by atoms with Gasteiger partial charge in [-0.25, -0.2) is 0 Å². The molecular formula is C20H30N2O. The van der Waals surface area contributed by atoms with E-state index in [9.17, 15) is 4.79 Å². The van der Waals surface area contributed by atoms with E-state index in [-0.39, 0.29) is 0 Å². The van der Waals surface area contributed by atoms with Crippen molar-refractivity contribution in [3.8, 4) is 0 Å². The van der Waals surface area contributed by atoms with Crippen LogP contribution in [0.2, 0.25) is 0 Å². The van der Waals surface area contributed by atoms with E-state index in [1.54, 1.807) is 0 Å². The number of piperidine rings is 1. The monoisotopic (exact) mass is 314 g/mol. The Kier molecular flexibility index (Phi) is 5.71. The van der Waals surface area contributed by atoms with Gasteiger partial charge in [0.15, 0.2) is 0 Å². The van der Waals surface area contributed by atoms with Gasteiger partial charge in [0.2, 0.25) is 5.91 Å². The van der Waals surface area contributed by atoms with Crippen molar-refractivity contribution in [1.29, 1.82) is 0 Å². The lowest BCUT2D eigenvalue weighted by Crippen LogP contribution is -2.41. The summed E-state index contributed by atoms with van der Waals surface area (Å²) in [7, 11) is 0. The zero-order valence-corrected chi connectivity index (χ0v) is 14.4. The average molecular weight is 314 g/mol. The minimum atomic E-state index is 0.308. The van der Waals surface area contributed by atoms with Crippen LogP contribution in [0.25, 0.3) is 0 Å². The van der Waals surface area contributed by atoms with Gasteiger partial charge in [-0.2, -0.15) is 0 Å². The second kappa shape index (κ2) is 7.96. The molecule has 0 saturated carbocycles. The number of likely N-dealkylation sites (tertiary alicyclic amines) is 1. The normalized spacial score (nSPS) is 18.7. The molecule has 1 amide bonds. The van der Waals surface area contributed by atoms with Crippen LogP contribution in [-0.4, -0.2) is 37.0 Å². The Morgan fingerprint density at radius 1 is 1.17 bits per heavy atom. The van der Waals surface area contributed by atoms with Crippen LogP contribution in [-0.2, 0) is 24.1 Å². The molecule has 0 atom stereocenters. The van der Waals surface area contributed by atoms with Crippen LogP contribution in [0.5, 0.6) is 0 Å². The van der Waals surface area contributed by atoms with Crippen molar-refractivity contribution in [2.45, 2.75) is 51.9 Å². The highest BCUT2D eigenvalue weighted by Crippen LogP contribution is 2.23. The highest BCUT2D eigenvalue weighted by molar-refractivity contribution is 5.79. The van der Waals surface area contributed by atoms with Crippen molar-refractivity contribution in [2.24, 2.45) is 5.92 Å². The Balaban J connectivity index is 1.52. The van der Waals surface area contributed by atoms with Crippen LogP contribution in [0, 0.1) is 5.92 Å². The third kappa shape index (κ3) is 4.35. The Morgan fingerprint density at radius 3 is 2.65 bits per heavy atom. The molecule has 2 aliphatic rings. The second-order valence-corrected chi connectivity index (χ2v) is 7.12. The first-order valence-electron chi connectivity index (χ1n) is 9.35. The molecule has 0 radical (unpaired) electrons. The molecule has 0 spiro atoms. The van der Waals surface area contributed by atoms with Gasteiger partial charge >= 0.3 is 0 Å². The van der Waals surface area contributed by atoms with Crippen molar-refractivity contribution in [1.82, 2.24) is 10.2 Å². The van der Waals surface area contributed by atoms with Gasteiger partial charge in [-0.15, -0.1) is 0 Å². The van der Waals surface area contributed by atoms with Crippen LogP contribution in [0.4, 0.5) is 0 Å². The van der Waals surface area contributed by atoms with Crippen LogP contribution >= 0.6 is 0 Å². The van der Waals surface area contributed by atoms with E-state index in [2.05, 4.69) is 35.3 Å². The van der Waals surface area contributed by atoms with Crippen molar-refractivity contribution >= 4 is 5.91 Å². The van der Waals surface area contributed by atoms with E-state index in [1.165, 1.54) is 42.4 Å². The van der Waals surface area contributed by atoms with Crippen molar-refractivity contribution < 1.29 is 4.79 Å². The standard InChI is InChI=1S/C20H30N2O/c1-2-21-15-16-9-11-22(12-10-16)20(23)14-17-7-8-18-5-3-4-6-19(18)13-17/h7-8,13,16,21H,2-6,9-12,14-15H2,1H3. The predicted octanol–water partition coefficient (Wildman–Crippen LogP) is 2.96. The number of nitrogens with one attached hydrogen (secondary N) is 1. The van der Waals surface area contributed by atoms with Crippen LogP contribution < -0.4 is 5.32 Å². The molecule has 1 aromatic rings. The summed E-state index contributed by atoms with van der Waals surface area (Å²) in [6.07, 6.45) is 7.86. The van der Waals surface area contributed by atoms with Crippen LogP contribution in [0.1, 0.15) is 49.3 Å². The summed E-state index contributed by atoms with van der Waals surface area (Å²) < 4.78 is 0.